The first-order chi connectivity index (χ1) is 8.41. The molecular formula is C14H18N2OS. The lowest BCUT2D eigenvalue weighted by Gasteiger charge is -2.19. The van der Waals surface area contributed by atoms with Gasteiger partial charge in [0.15, 0.2) is 5.13 Å². The number of aliphatic hydroxyl groups excluding tert-OH is 1. The number of aromatic nitrogens is 1. The third-order valence-corrected chi connectivity index (χ3v) is 3.75. The monoisotopic (exact) mass is 262 g/mol. The van der Waals surface area contributed by atoms with Gasteiger partial charge in [0.1, 0.15) is 0 Å². The van der Waals surface area contributed by atoms with Crippen LogP contribution in [0.1, 0.15) is 31.2 Å². The quantitative estimate of drug-likeness (QED) is 0.874. The van der Waals surface area contributed by atoms with Gasteiger partial charge in [-0.3, -0.25) is 0 Å². The zero-order valence-corrected chi connectivity index (χ0v) is 11.7. The van der Waals surface area contributed by atoms with Crippen LogP contribution < -0.4 is 5.73 Å². The first kappa shape index (κ1) is 13.1. The second-order valence-corrected chi connectivity index (χ2v) is 6.42. The molecule has 0 amide bonds. The normalized spacial score (nSPS) is 11.8. The number of nitrogen functional groups attached to an aromatic ring is 1. The molecule has 0 unspecified atom stereocenters. The summed E-state index contributed by atoms with van der Waals surface area (Å²) in [5.41, 5.74) is 8.90. The van der Waals surface area contributed by atoms with E-state index in [4.69, 9.17) is 5.73 Å². The average Bonchev–Trinajstić information content (AvgIpc) is 2.69. The molecule has 2 aromatic rings. The fourth-order valence-electron chi connectivity index (χ4n) is 1.83. The van der Waals surface area contributed by atoms with Crippen LogP contribution >= 0.6 is 11.3 Å². The number of benzene rings is 1. The molecule has 0 aliphatic heterocycles. The summed E-state index contributed by atoms with van der Waals surface area (Å²) in [4.78, 5) is 5.10. The maximum atomic E-state index is 9.29. The van der Waals surface area contributed by atoms with Gasteiger partial charge in [-0.1, -0.05) is 56.4 Å². The van der Waals surface area contributed by atoms with Gasteiger partial charge in [0.25, 0.3) is 0 Å². The summed E-state index contributed by atoms with van der Waals surface area (Å²) < 4.78 is 0. The molecule has 0 spiro atoms. The van der Waals surface area contributed by atoms with E-state index >= 15 is 0 Å². The van der Waals surface area contributed by atoms with Crippen LogP contribution in [-0.2, 0) is 12.0 Å². The number of nitrogens with two attached hydrogens (primary N) is 1. The zero-order chi connectivity index (χ0) is 13.3. The van der Waals surface area contributed by atoms with E-state index in [9.17, 15) is 5.11 Å². The van der Waals surface area contributed by atoms with Gasteiger partial charge in [-0.05, 0) is 11.0 Å². The summed E-state index contributed by atoms with van der Waals surface area (Å²) in [5.74, 6) is 0. The van der Waals surface area contributed by atoms with E-state index in [-0.39, 0.29) is 12.0 Å². The minimum absolute atomic E-state index is 0.0226. The molecule has 1 aromatic heterocycles. The second kappa shape index (κ2) is 4.71. The van der Waals surface area contributed by atoms with Crippen molar-refractivity contribution in [1.29, 1.82) is 0 Å². The smallest absolute Gasteiger partial charge is 0.180 e. The number of thiazole rings is 1. The van der Waals surface area contributed by atoms with Crippen molar-refractivity contribution < 1.29 is 5.11 Å². The highest BCUT2D eigenvalue weighted by atomic mass is 32.1. The zero-order valence-electron chi connectivity index (χ0n) is 10.9. The first-order valence-electron chi connectivity index (χ1n) is 5.89. The fourth-order valence-corrected chi connectivity index (χ4v) is 2.54. The second-order valence-electron chi connectivity index (χ2n) is 5.31. The Hall–Kier alpha value is -1.39. The lowest BCUT2D eigenvalue weighted by atomic mass is 9.86. The van der Waals surface area contributed by atoms with Crippen molar-refractivity contribution in [2.75, 3.05) is 5.73 Å². The van der Waals surface area contributed by atoms with Crippen molar-refractivity contribution in [3.63, 3.8) is 0 Å². The molecule has 0 aliphatic rings. The number of rotatable bonds is 2. The molecule has 2 rings (SSSR count). The SMILES string of the molecule is CC(C)(C)c1ccc(-c2nc(N)sc2CO)cc1. The molecule has 0 atom stereocenters. The fraction of sp³-hybridized carbons (Fsp3) is 0.357. The van der Waals surface area contributed by atoms with E-state index in [0.717, 1.165) is 16.1 Å². The van der Waals surface area contributed by atoms with E-state index in [1.165, 1.54) is 16.9 Å². The molecule has 4 heteroatoms. The highest BCUT2D eigenvalue weighted by molar-refractivity contribution is 7.15. The van der Waals surface area contributed by atoms with Gasteiger partial charge in [0.05, 0.1) is 17.2 Å². The van der Waals surface area contributed by atoms with Crippen molar-refractivity contribution in [3.8, 4) is 11.3 Å². The maximum absolute atomic E-state index is 9.29. The average molecular weight is 262 g/mol. The number of hydrogen-bond donors (Lipinski definition) is 2. The molecule has 1 aromatic carbocycles. The number of hydrogen-bond acceptors (Lipinski definition) is 4. The summed E-state index contributed by atoms with van der Waals surface area (Å²) in [6.07, 6.45) is 0. The molecule has 0 bridgehead atoms. The highest BCUT2D eigenvalue weighted by Crippen LogP contribution is 2.31. The Bertz CT molecular complexity index is 538. The van der Waals surface area contributed by atoms with Crippen LogP contribution in [0.2, 0.25) is 0 Å². The van der Waals surface area contributed by atoms with Gasteiger partial charge in [-0.25, -0.2) is 4.98 Å². The summed E-state index contributed by atoms with van der Waals surface area (Å²) in [6.45, 7) is 6.52. The van der Waals surface area contributed by atoms with E-state index < -0.39 is 0 Å². The van der Waals surface area contributed by atoms with Gasteiger partial charge in [-0.15, -0.1) is 0 Å². The molecule has 0 saturated carbocycles. The van der Waals surface area contributed by atoms with Crippen molar-refractivity contribution in [1.82, 2.24) is 4.98 Å². The Morgan fingerprint density at radius 1 is 1.22 bits per heavy atom. The van der Waals surface area contributed by atoms with Gasteiger partial charge < -0.3 is 10.8 Å². The largest absolute Gasteiger partial charge is 0.391 e. The third kappa shape index (κ3) is 2.54. The predicted octanol–water partition coefficient (Wildman–Crippen LogP) is 3.18. The number of aliphatic hydroxyl groups is 1. The Labute approximate surface area is 111 Å². The lowest BCUT2D eigenvalue weighted by Crippen LogP contribution is -2.10. The molecule has 96 valence electrons. The Morgan fingerprint density at radius 2 is 1.83 bits per heavy atom. The van der Waals surface area contributed by atoms with Crippen LogP contribution in [0.25, 0.3) is 11.3 Å². The molecule has 18 heavy (non-hydrogen) atoms. The molecule has 1 heterocycles. The molecule has 0 radical (unpaired) electrons. The van der Waals surface area contributed by atoms with Crippen LogP contribution in [0, 0.1) is 0 Å². The topological polar surface area (TPSA) is 59.1 Å². The van der Waals surface area contributed by atoms with Crippen LogP contribution in [0.4, 0.5) is 5.13 Å². The van der Waals surface area contributed by atoms with Gasteiger partial charge >= 0.3 is 0 Å². The molecule has 0 saturated heterocycles. The van der Waals surface area contributed by atoms with E-state index in [1.807, 2.05) is 12.1 Å². The van der Waals surface area contributed by atoms with E-state index in [1.54, 1.807) is 0 Å². The van der Waals surface area contributed by atoms with Gasteiger partial charge in [0, 0.05) is 5.56 Å². The van der Waals surface area contributed by atoms with Crippen LogP contribution in [0.15, 0.2) is 24.3 Å². The summed E-state index contributed by atoms with van der Waals surface area (Å²) >= 11 is 1.34. The highest BCUT2D eigenvalue weighted by Gasteiger charge is 2.15. The minimum Gasteiger partial charge on any atom is -0.391 e. The Morgan fingerprint density at radius 3 is 2.33 bits per heavy atom. The third-order valence-electron chi connectivity index (χ3n) is 2.88. The molecule has 0 fully saturated rings. The summed E-state index contributed by atoms with van der Waals surface area (Å²) in [6, 6.07) is 8.28. The lowest BCUT2D eigenvalue weighted by molar-refractivity contribution is 0.286. The van der Waals surface area contributed by atoms with Crippen molar-refractivity contribution in [2.45, 2.75) is 32.8 Å². The summed E-state index contributed by atoms with van der Waals surface area (Å²) in [7, 11) is 0. The number of nitrogens with zero attached hydrogens (tertiary/aromatic N) is 1. The van der Waals surface area contributed by atoms with Crippen LogP contribution in [0.3, 0.4) is 0 Å². The van der Waals surface area contributed by atoms with Gasteiger partial charge in [0.2, 0.25) is 0 Å². The maximum Gasteiger partial charge on any atom is 0.180 e. The van der Waals surface area contributed by atoms with Crippen LogP contribution in [-0.4, -0.2) is 10.1 Å². The predicted molar refractivity (Wildman–Crippen MR) is 76.6 cm³/mol. The Kier molecular flexibility index (Phi) is 3.41. The standard InChI is InChI=1S/C14H18N2OS/c1-14(2,3)10-6-4-9(5-7-10)12-11(8-17)18-13(15)16-12/h4-7,17H,8H2,1-3H3,(H2,15,16). The van der Waals surface area contributed by atoms with Gasteiger partial charge in [-0.2, -0.15) is 0 Å². The van der Waals surface area contributed by atoms with Crippen LogP contribution in [0.5, 0.6) is 0 Å². The first-order valence-corrected chi connectivity index (χ1v) is 6.70. The van der Waals surface area contributed by atoms with E-state index in [0.29, 0.717) is 5.13 Å². The van der Waals surface area contributed by atoms with E-state index in [2.05, 4.69) is 37.9 Å². The van der Waals surface area contributed by atoms with Crippen molar-refractivity contribution in [2.24, 2.45) is 0 Å². The Balaban J connectivity index is 2.40. The minimum atomic E-state index is -0.0226. The number of anilines is 1. The van der Waals surface area contributed by atoms with Crippen molar-refractivity contribution in [3.05, 3.63) is 34.7 Å². The summed E-state index contributed by atoms with van der Waals surface area (Å²) in [5, 5.41) is 9.79. The molecular weight excluding hydrogens is 244 g/mol. The van der Waals surface area contributed by atoms with Crippen molar-refractivity contribution >= 4 is 16.5 Å². The molecule has 3 N–H and O–H groups in total. The molecule has 0 aliphatic carbocycles. The molecule has 3 nitrogen and oxygen atoms in total.